The van der Waals surface area contributed by atoms with Gasteiger partial charge in [0, 0.05) is 5.56 Å². The Morgan fingerprint density at radius 2 is 1.94 bits per heavy atom. The van der Waals surface area contributed by atoms with Crippen LogP contribution in [0, 0.1) is 0 Å². The van der Waals surface area contributed by atoms with E-state index >= 15 is 0 Å². The molecule has 1 atom stereocenters. The van der Waals surface area contributed by atoms with Crippen molar-refractivity contribution in [1.29, 1.82) is 0 Å². The summed E-state index contributed by atoms with van der Waals surface area (Å²) < 4.78 is 5.06. The molecule has 0 aliphatic rings. The van der Waals surface area contributed by atoms with Crippen LogP contribution in [0.2, 0.25) is 10.0 Å². The van der Waals surface area contributed by atoms with Gasteiger partial charge in [0.15, 0.2) is 11.9 Å². The molecule has 4 nitrogen and oxygen atoms in total. The van der Waals surface area contributed by atoms with E-state index in [2.05, 4.69) is 0 Å². The minimum absolute atomic E-state index is 0.0591. The molecule has 0 aromatic heterocycles. The Balaban J connectivity index is 3.05. The molecule has 0 radical (unpaired) electrons. The van der Waals surface area contributed by atoms with Gasteiger partial charge in [-0.05, 0) is 19.1 Å². The van der Waals surface area contributed by atoms with Gasteiger partial charge in [0.05, 0.1) is 10.0 Å². The number of aliphatic carboxylic acids is 1. The smallest absolute Gasteiger partial charge is 0.344 e. The highest BCUT2D eigenvalue weighted by atomic mass is 35.5. The SMILES string of the molecule is CC(Oc1c(Cl)cc(C=O)cc1Cl)C(=O)O. The lowest BCUT2D eigenvalue weighted by atomic mass is 10.2. The van der Waals surface area contributed by atoms with Crippen LogP contribution in [-0.2, 0) is 4.79 Å². The second-order valence-electron chi connectivity index (χ2n) is 3.03. The molecule has 1 aromatic carbocycles. The first-order chi connectivity index (χ1) is 7.45. The fourth-order valence-corrected chi connectivity index (χ4v) is 1.58. The molecule has 1 aromatic rings. The summed E-state index contributed by atoms with van der Waals surface area (Å²) in [6, 6.07) is 2.70. The highest BCUT2D eigenvalue weighted by molar-refractivity contribution is 6.37. The molecule has 1 N–H and O–H groups in total. The Bertz CT molecular complexity index is 408. The van der Waals surface area contributed by atoms with Crippen molar-refractivity contribution in [2.45, 2.75) is 13.0 Å². The summed E-state index contributed by atoms with van der Waals surface area (Å²) >= 11 is 11.6. The molecule has 0 amide bonds. The van der Waals surface area contributed by atoms with Crippen LogP contribution in [0.15, 0.2) is 12.1 Å². The third kappa shape index (κ3) is 2.87. The van der Waals surface area contributed by atoms with Crippen LogP contribution in [0.1, 0.15) is 17.3 Å². The molecule has 0 saturated heterocycles. The van der Waals surface area contributed by atoms with Gasteiger partial charge in [-0.3, -0.25) is 4.79 Å². The third-order valence-corrected chi connectivity index (χ3v) is 2.36. The Kier molecular flexibility index (Phi) is 4.15. The fraction of sp³-hybridized carbons (Fsp3) is 0.200. The summed E-state index contributed by atoms with van der Waals surface area (Å²) in [5.74, 6) is -1.07. The van der Waals surface area contributed by atoms with Gasteiger partial charge in [0.1, 0.15) is 6.29 Å². The summed E-state index contributed by atoms with van der Waals surface area (Å²) in [5.41, 5.74) is 0.297. The zero-order valence-electron chi connectivity index (χ0n) is 8.24. The molecule has 0 spiro atoms. The number of aldehydes is 1. The van der Waals surface area contributed by atoms with Crippen molar-refractivity contribution < 1.29 is 19.4 Å². The van der Waals surface area contributed by atoms with Crippen molar-refractivity contribution in [3.05, 3.63) is 27.7 Å². The highest BCUT2D eigenvalue weighted by Crippen LogP contribution is 2.34. The molecular weight excluding hydrogens is 255 g/mol. The molecule has 1 rings (SSSR count). The Morgan fingerprint density at radius 1 is 1.44 bits per heavy atom. The summed E-state index contributed by atoms with van der Waals surface area (Å²) in [6.07, 6.45) is -0.487. The lowest BCUT2D eigenvalue weighted by Gasteiger charge is -2.13. The molecule has 0 aliphatic carbocycles. The molecule has 0 saturated carbocycles. The first-order valence-electron chi connectivity index (χ1n) is 4.29. The van der Waals surface area contributed by atoms with Crippen molar-refractivity contribution in [2.75, 3.05) is 0 Å². The number of carbonyl (C=O) groups is 2. The molecule has 0 fully saturated rings. The standard InChI is InChI=1S/C10H8Cl2O4/c1-5(10(14)15)16-9-7(11)2-6(4-13)3-8(9)12/h2-5H,1H3,(H,14,15). The topological polar surface area (TPSA) is 63.6 Å². The van der Waals surface area contributed by atoms with Crippen LogP contribution in [0.25, 0.3) is 0 Å². The van der Waals surface area contributed by atoms with E-state index in [1.165, 1.54) is 19.1 Å². The molecule has 1 unspecified atom stereocenters. The van der Waals surface area contributed by atoms with Gasteiger partial charge in [-0.25, -0.2) is 4.79 Å². The number of benzene rings is 1. The average Bonchev–Trinajstić information content (AvgIpc) is 2.22. The van der Waals surface area contributed by atoms with Crippen LogP contribution in [0.5, 0.6) is 5.75 Å². The normalized spacial score (nSPS) is 11.9. The number of rotatable bonds is 4. The second-order valence-corrected chi connectivity index (χ2v) is 3.84. The number of hydrogen-bond donors (Lipinski definition) is 1. The van der Waals surface area contributed by atoms with E-state index in [-0.39, 0.29) is 15.8 Å². The van der Waals surface area contributed by atoms with E-state index in [4.69, 9.17) is 33.0 Å². The third-order valence-electron chi connectivity index (χ3n) is 1.80. The molecule has 86 valence electrons. The van der Waals surface area contributed by atoms with Crippen molar-refractivity contribution in [3.8, 4) is 5.75 Å². The van der Waals surface area contributed by atoms with Crippen molar-refractivity contribution in [3.63, 3.8) is 0 Å². The number of carboxylic acids is 1. The second kappa shape index (κ2) is 5.18. The number of carbonyl (C=O) groups excluding carboxylic acids is 1. The minimum Gasteiger partial charge on any atom is -0.479 e. The predicted molar refractivity (Wildman–Crippen MR) is 59.6 cm³/mol. The number of halogens is 2. The minimum atomic E-state index is -1.13. The largest absolute Gasteiger partial charge is 0.479 e. The zero-order valence-corrected chi connectivity index (χ0v) is 9.75. The Morgan fingerprint density at radius 3 is 2.31 bits per heavy atom. The highest BCUT2D eigenvalue weighted by Gasteiger charge is 2.17. The van der Waals surface area contributed by atoms with E-state index < -0.39 is 12.1 Å². The van der Waals surface area contributed by atoms with Gasteiger partial charge in [0.2, 0.25) is 0 Å². The van der Waals surface area contributed by atoms with Gasteiger partial charge < -0.3 is 9.84 Å². The van der Waals surface area contributed by atoms with Crippen LogP contribution >= 0.6 is 23.2 Å². The Hall–Kier alpha value is -1.26. The van der Waals surface area contributed by atoms with Crippen LogP contribution in [0.4, 0.5) is 0 Å². The maximum atomic E-state index is 10.6. The quantitative estimate of drug-likeness (QED) is 0.848. The van der Waals surface area contributed by atoms with Gasteiger partial charge in [-0.15, -0.1) is 0 Å². The van der Waals surface area contributed by atoms with Crippen LogP contribution < -0.4 is 4.74 Å². The monoisotopic (exact) mass is 262 g/mol. The number of hydrogen-bond acceptors (Lipinski definition) is 3. The van der Waals surface area contributed by atoms with Gasteiger partial charge in [-0.1, -0.05) is 23.2 Å². The van der Waals surface area contributed by atoms with Crippen LogP contribution in [0.3, 0.4) is 0 Å². The van der Waals surface area contributed by atoms with E-state index in [0.29, 0.717) is 11.8 Å². The fourth-order valence-electron chi connectivity index (χ4n) is 0.987. The van der Waals surface area contributed by atoms with E-state index in [1.54, 1.807) is 0 Å². The van der Waals surface area contributed by atoms with Crippen molar-refractivity contribution >= 4 is 35.5 Å². The molecule has 0 bridgehead atoms. The lowest BCUT2D eigenvalue weighted by molar-refractivity contribution is -0.144. The van der Waals surface area contributed by atoms with Gasteiger partial charge in [-0.2, -0.15) is 0 Å². The molecule has 16 heavy (non-hydrogen) atoms. The zero-order chi connectivity index (χ0) is 12.3. The van der Waals surface area contributed by atoms with E-state index in [9.17, 15) is 9.59 Å². The van der Waals surface area contributed by atoms with Gasteiger partial charge in [0.25, 0.3) is 0 Å². The first-order valence-corrected chi connectivity index (χ1v) is 5.05. The van der Waals surface area contributed by atoms with Crippen molar-refractivity contribution in [1.82, 2.24) is 0 Å². The molecule has 0 aliphatic heterocycles. The first kappa shape index (κ1) is 12.8. The number of carboxylic acid groups (broad SMARTS) is 1. The predicted octanol–water partition coefficient (Wildman–Crippen LogP) is 2.66. The maximum Gasteiger partial charge on any atom is 0.344 e. The Labute approximate surface area is 102 Å². The summed E-state index contributed by atoms with van der Waals surface area (Å²) in [5, 5.41) is 8.86. The summed E-state index contributed by atoms with van der Waals surface area (Å²) in [4.78, 5) is 21.1. The van der Waals surface area contributed by atoms with Gasteiger partial charge >= 0.3 is 5.97 Å². The number of ether oxygens (including phenoxy) is 1. The lowest BCUT2D eigenvalue weighted by Crippen LogP contribution is -2.23. The summed E-state index contributed by atoms with van der Waals surface area (Å²) in [7, 11) is 0. The summed E-state index contributed by atoms with van der Waals surface area (Å²) in [6.45, 7) is 1.35. The molecule has 6 heteroatoms. The molecular formula is C10H8Cl2O4. The van der Waals surface area contributed by atoms with E-state index in [0.717, 1.165) is 0 Å². The molecule has 0 heterocycles. The van der Waals surface area contributed by atoms with Crippen molar-refractivity contribution in [2.24, 2.45) is 0 Å². The maximum absolute atomic E-state index is 10.6. The average molecular weight is 263 g/mol. The van der Waals surface area contributed by atoms with E-state index in [1.807, 2.05) is 0 Å². The van der Waals surface area contributed by atoms with Crippen LogP contribution in [-0.4, -0.2) is 23.5 Å².